The van der Waals surface area contributed by atoms with Crippen LogP contribution in [0.2, 0.25) is 0 Å². The van der Waals surface area contributed by atoms with E-state index < -0.39 is 0 Å². The number of halogens is 1. The molecule has 4 heteroatoms. The van der Waals surface area contributed by atoms with Crippen molar-refractivity contribution in [3.05, 3.63) is 36.3 Å². The van der Waals surface area contributed by atoms with Gasteiger partial charge in [-0.25, -0.2) is 4.39 Å². The van der Waals surface area contributed by atoms with E-state index in [9.17, 15) is 4.39 Å². The zero-order valence-electron chi connectivity index (χ0n) is 6.79. The van der Waals surface area contributed by atoms with Crippen molar-refractivity contribution in [2.75, 3.05) is 5.73 Å². The molecule has 0 amide bonds. The molecule has 0 atom stereocenters. The summed E-state index contributed by atoms with van der Waals surface area (Å²) in [7, 11) is 0. The summed E-state index contributed by atoms with van der Waals surface area (Å²) in [4.78, 5) is 0. The van der Waals surface area contributed by atoms with E-state index in [0.717, 1.165) is 5.69 Å². The van der Waals surface area contributed by atoms with E-state index in [1.807, 2.05) is 0 Å². The number of H-pyrrole nitrogens is 1. The van der Waals surface area contributed by atoms with E-state index in [2.05, 4.69) is 10.2 Å². The first-order chi connectivity index (χ1) is 6.27. The monoisotopic (exact) mass is 177 g/mol. The summed E-state index contributed by atoms with van der Waals surface area (Å²) in [6.07, 6.45) is 1.60. The van der Waals surface area contributed by atoms with Gasteiger partial charge in [-0.15, -0.1) is 0 Å². The molecule has 2 rings (SSSR count). The Morgan fingerprint density at radius 2 is 2.15 bits per heavy atom. The second-order valence-corrected chi connectivity index (χ2v) is 2.70. The van der Waals surface area contributed by atoms with Crippen LogP contribution in [-0.4, -0.2) is 10.2 Å². The first-order valence-electron chi connectivity index (χ1n) is 3.82. The number of nitrogen functional groups attached to an aromatic ring is 1. The van der Waals surface area contributed by atoms with Crippen LogP contribution in [0.1, 0.15) is 0 Å². The molecule has 0 saturated heterocycles. The molecule has 0 aliphatic heterocycles. The van der Waals surface area contributed by atoms with Crippen molar-refractivity contribution in [2.24, 2.45) is 0 Å². The SMILES string of the molecule is Nc1ccc(F)cc1-c1ccn[nH]1. The van der Waals surface area contributed by atoms with Crippen molar-refractivity contribution in [1.82, 2.24) is 10.2 Å². The summed E-state index contributed by atoms with van der Waals surface area (Å²) < 4.78 is 12.8. The standard InChI is InChI=1S/C9H8FN3/c10-6-1-2-8(11)7(5-6)9-3-4-12-13-9/h1-5H,11H2,(H,12,13). The van der Waals surface area contributed by atoms with Crippen LogP contribution in [0.4, 0.5) is 10.1 Å². The van der Waals surface area contributed by atoms with Gasteiger partial charge >= 0.3 is 0 Å². The van der Waals surface area contributed by atoms with Crippen molar-refractivity contribution >= 4 is 5.69 Å². The third kappa shape index (κ3) is 1.38. The molecule has 3 nitrogen and oxygen atoms in total. The molecular formula is C9H8FN3. The van der Waals surface area contributed by atoms with Gasteiger partial charge in [0, 0.05) is 17.4 Å². The number of aromatic amines is 1. The summed E-state index contributed by atoms with van der Waals surface area (Å²) in [5.41, 5.74) is 7.56. The topological polar surface area (TPSA) is 54.7 Å². The maximum absolute atomic E-state index is 12.8. The number of aromatic nitrogens is 2. The highest BCUT2D eigenvalue weighted by Crippen LogP contribution is 2.23. The van der Waals surface area contributed by atoms with Crippen LogP contribution in [0.15, 0.2) is 30.5 Å². The molecule has 1 heterocycles. The molecular weight excluding hydrogens is 169 g/mol. The lowest BCUT2D eigenvalue weighted by atomic mass is 10.1. The lowest BCUT2D eigenvalue weighted by Gasteiger charge is -2.01. The molecule has 0 fully saturated rings. The van der Waals surface area contributed by atoms with Gasteiger partial charge in [-0.05, 0) is 24.3 Å². The van der Waals surface area contributed by atoms with Crippen LogP contribution in [0.25, 0.3) is 11.3 Å². The lowest BCUT2D eigenvalue weighted by molar-refractivity contribution is 0.628. The molecule has 13 heavy (non-hydrogen) atoms. The fourth-order valence-electron chi connectivity index (χ4n) is 1.17. The Morgan fingerprint density at radius 3 is 2.85 bits per heavy atom. The maximum atomic E-state index is 12.8. The summed E-state index contributed by atoms with van der Waals surface area (Å²) in [5, 5.41) is 6.49. The molecule has 3 N–H and O–H groups in total. The van der Waals surface area contributed by atoms with Crippen LogP contribution >= 0.6 is 0 Å². The Hall–Kier alpha value is -1.84. The molecule has 0 saturated carbocycles. The first kappa shape index (κ1) is 7.79. The average Bonchev–Trinajstić information content (AvgIpc) is 2.61. The Kier molecular flexibility index (Phi) is 1.73. The first-order valence-corrected chi connectivity index (χ1v) is 3.82. The number of hydrogen-bond donors (Lipinski definition) is 2. The van der Waals surface area contributed by atoms with Gasteiger partial charge in [0.1, 0.15) is 5.82 Å². The second kappa shape index (κ2) is 2.90. The molecule has 1 aromatic heterocycles. The lowest BCUT2D eigenvalue weighted by Crippen LogP contribution is -1.91. The highest BCUT2D eigenvalue weighted by molar-refractivity contribution is 5.73. The smallest absolute Gasteiger partial charge is 0.124 e. The van der Waals surface area contributed by atoms with Gasteiger partial charge < -0.3 is 5.73 Å². The largest absolute Gasteiger partial charge is 0.398 e. The van der Waals surface area contributed by atoms with E-state index in [0.29, 0.717) is 11.3 Å². The van der Waals surface area contributed by atoms with Crippen LogP contribution < -0.4 is 5.73 Å². The maximum Gasteiger partial charge on any atom is 0.124 e. The molecule has 0 radical (unpaired) electrons. The highest BCUT2D eigenvalue weighted by Gasteiger charge is 2.04. The van der Waals surface area contributed by atoms with Crippen LogP contribution in [0, 0.1) is 5.82 Å². The number of nitrogens with zero attached hydrogens (tertiary/aromatic N) is 1. The molecule has 0 unspecified atom stereocenters. The van der Waals surface area contributed by atoms with Gasteiger partial charge in [0.25, 0.3) is 0 Å². The molecule has 66 valence electrons. The zero-order chi connectivity index (χ0) is 9.26. The number of benzene rings is 1. The predicted octanol–water partition coefficient (Wildman–Crippen LogP) is 1.80. The van der Waals surface area contributed by atoms with E-state index >= 15 is 0 Å². The van der Waals surface area contributed by atoms with Crippen molar-refractivity contribution in [3.63, 3.8) is 0 Å². The molecule has 0 bridgehead atoms. The zero-order valence-corrected chi connectivity index (χ0v) is 6.79. The highest BCUT2D eigenvalue weighted by atomic mass is 19.1. The Bertz CT molecular complexity index is 409. The Balaban J connectivity index is 2.57. The summed E-state index contributed by atoms with van der Waals surface area (Å²) in [5.74, 6) is -0.307. The Morgan fingerprint density at radius 1 is 1.31 bits per heavy atom. The predicted molar refractivity (Wildman–Crippen MR) is 48.4 cm³/mol. The number of nitrogens with one attached hydrogen (secondary N) is 1. The van der Waals surface area contributed by atoms with Gasteiger partial charge in [0.2, 0.25) is 0 Å². The fourth-order valence-corrected chi connectivity index (χ4v) is 1.17. The second-order valence-electron chi connectivity index (χ2n) is 2.70. The van der Waals surface area contributed by atoms with Crippen LogP contribution in [0.3, 0.4) is 0 Å². The molecule has 0 spiro atoms. The van der Waals surface area contributed by atoms with Gasteiger partial charge in [-0.1, -0.05) is 0 Å². The minimum absolute atomic E-state index is 0.307. The molecule has 1 aromatic carbocycles. The van der Waals surface area contributed by atoms with E-state index in [1.54, 1.807) is 12.3 Å². The molecule has 0 aliphatic carbocycles. The van der Waals surface area contributed by atoms with Crippen molar-refractivity contribution < 1.29 is 4.39 Å². The number of anilines is 1. The minimum atomic E-state index is -0.307. The van der Waals surface area contributed by atoms with Crippen molar-refractivity contribution in [1.29, 1.82) is 0 Å². The van der Waals surface area contributed by atoms with Crippen molar-refractivity contribution in [2.45, 2.75) is 0 Å². The summed E-state index contributed by atoms with van der Waals surface area (Å²) in [6, 6.07) is 5.98. The number of hydrogen-bond acceptors (Lipinski definition) is 2. The van der Waals surface area contributed by atoms with Crippen LogP contribution in [-0.2, 0) is 0 Å². The number of nitrogens with two attached hydrogens (primary N) is 1. The average molecular weight is 177 g/mol. The van der Waals surface area contributed by atoms with E-state index in [-0.39, 0.29) is 5.82 Å². The third-order valence-electron chi connectivity index (χ3n) is 1.81. The summed E-state index contributed by atoms with van der Waals surface area (Å²) >= 11 is 0. The van der Waals surface area contributed by atoms with Gasteiger partial charge in [-0.2, -0.15) is 5.10 Å². The third-order valence-corrected chi connectivity index (χ3v) is 1.81. The van der Waals surface area contributed by atoms with Gasteiger partial charge in [0.05, 0.1) is 5.69 Å². The normalized spacial score (nSPS) is 10.2. The quantitative estimate of drug-likeness (QED) is 0.652. The Labute approximate surface area is 74.4 Å². The van der Waals surface area contributed by atoms with Gasteiger partial charge in [0.15, 0.2) is 0 Å². The van der Waals surface area contributed by atoms with E-state index in [1.165, 1.54) is 18.2 Å². The molecule has 0 aliphatic rings. The summed E-state index contributed by atoms with van der Waals surface area (Å²) in [6.45, 7) is 0. The molecule has 2 aromatic rings. The van der Waals surface area contributed by atoms with Crippen LogP contribution in [0.5, 0.6) is 0 Å². The fraction of sp³-hybridized carbons (Fsp3) is 0. The van der Waals surface area contributed by atoms with Crippen molar-refractivity contribution in [3.8, 4) is 11.3 Å². The number of rotatable bonds is 1. The minimum Gasteiger partial charge on any atom is -0.398 e. The van der Waals surface area contributed by atoms with E-state index in [4.69, 9.17) is 5.73 Å². The van der Waals surface area contributed by atoms with Gasteiger partial charge in [-0.3, -0.25) is 5.10 Å².